The van der Waals surface area contributed by atoms with Crippen molar-refractivity contribution in [2.45, 2.75) is 52.2 Å². The van der Waals surface area contributed by atoms with Crippen LogP contribution >= 0.6 is 0 Å². The number of imide groups is 1. The maximum absolute atomic E-state index is 13.7. The second-order valence-corrected chi connectivity index (χ2v) is 9.06. The van der Waals surface area contributed by atoms with Gasteiger partial charge >= 0.3 is 12.1 Å². The van der Waals surface area contributed by atoms with E-state index in [9.17, 15) is 24.0 Å². The summed E-state index contributed by atoms with van der Waals surface area (Å²) in [6, 6.07) is 8.32. The van der Waals surface area contributed by atoms with Gasteiger partial charge in [0.05, 0.1) is 25.2 Å². The summed E-state index contributed by atoms with van der Waals surface area (Å²) < 4.78 is 15.5. The third kappa shape index (κ3) is 9.22. The maximum atomic E-state index is 13.7. The summed E-state index contributed by atoms with van der Waals surface area (Å²) in [6.45, 7) is 5.17. The summed E-state index contributed by atoms with van der Waals surface area (Å²) in [4.78, 5) is 64.6. The maximum Gasteiger partial charge on any atom is 0.416 e. The van der Waals surface area contributed by atoms with E-state index in [0.717, 1.165) is 24.0 Å². The van der Waals surface area contributed by atoms with E-state index in [0.29, 0.717) is 12.0 Å². The summed E-state index contributed by atoms with van der Waals surface area (Å²) in [5.41, 5.74) is 0.697. The molecule has 0 unspecified atom stereocenters. The lowest BCUT2D eigenvalue weighted by Crippen LogP contribution is -2.50. The molecule has 2 amide bonds. The van der Waals surface area contributed by atoms with Gasteiger partial charge in [-0.2, -0.15) is 0 Å². The Morgan fingerprint density at radius 3 is 2.46 bits per heavy atom. The number of amides is 2. The molecule has 1 aromatic rings. The number of hydrogen-bond acceptors (Lipinski definition) is 9. The largest absolute Gasteiger partial charge is 0.453 e. The molecule has 1 aliphatic heterocycles. The molecule has 202 valence electrons. The van der Waals surface area contributed by atoms with E-state index in [1.807, 2.05) is 13.8 Å². The Balaban J connectivity index is 2.30. The molecule has 10 heteroatoms. The molecule has 1 aliphatic rings. The minimum absolute atomic E-state index is 0.0158. The van der Waals surface area contributed by atoms with E-state index in [4.69, 9.17) is 19.3 Å². The molecule has 1 aromatic carbocycles. The number of aliphatic hydroxyl groups excluding tert-OH is 1. The number of rotatable bonds is 15. The van der Waals surface area contributed by atoms with Crippen molar-refractivity contribution < 1.29 is 43.3 Å². The number of cyclic esters (lactones) is 1. The van der Waals surface area contributed by atoms with Gasteiger partial charge in [-0.25, -0.2) is 9.69 Å². The van der Waals surface area contributed by atoms with Crippen LogP contribution in [0.2, 0.25) is 0 Å². The first-order valence-corrected chi connectivity index (χ1v) is 12.3. The number of carbonyl (C=O) groups excluding carboxylic acids is 5. The van der Waals surface area contributed by atoms with Gasteiger partial charge in [-0.05, 0) is 36.5 Å². The monoisotopic (exact) mass is 517 g/mol. The number of ketones is 2. The van der Waals surface area contributed by atoms with Gasteiger partial charge in [0.15, 0.2) is 17.7 Å². The first kappa shape index (κ1) is 29.9. The van der Waals surface area contributed by atoms with Crippen LogP contribution in [-0.4, -0.2) is 78.1 Å². The van der Waals surface area contributed by atoms with Crippen molar-refractivity contribution in [3.05, 3.63) is 48.0 Å². The molecule has 3 atom stereocenters. The smallest absolute Gasteiger partial charge is 0.416 e. The van der Waals surface area contributed by atoms with E-state index in [1.165, 1.54) is 0 Å². The third-order valence-electron chi connectivity index (χ3n) is 5.85. The van der Waals surface area contributed by atoms with Gasteiger partial charge in [-0.1, -0.05) is 44.2 Å². The van der Waals surface area contributed by atoms with E-state index < -0.39 is 41.8 Å². The van der Waals surface area contributed by atoms with Crippen LogP contribution in [0.1, 0.15) is 39.2 Å². The Hall–Kier alpha value is -3.37. The molecule has 2 rings (SSSR count). The van der Waals surface area contributed by atoms with Crippen LogP contribution in [0.25, 0.3) is 0 Å². The van der Waals surface area contributed by atoms with E-state index >= 15 is 0 Å². The van der Waals surface area contributed by atoms with Crippen LogP contribution in [0.5, 0.6) is 0 Å². The van der Waals surface area contributed by atoms with Crippen LogP contribution < -0.4 is 0 Å². The Labute approximate surface area is 216 Å². The zero-order valence-corrected chi connectivity index (χ0v) is 21.5. The van der Waals surface area contributed by atoms with Gasteiger partial charge in [0.1, 0.15) is 6.61 Å². The fraction of sp³-hybridized carbons (Fsp3) is 0.519. The molecule has 10 nitrogen and oxygen atoms in total. The van der Waals surface area contributed by atoms with Gasteiger partial charge in [-0.3, -0.25) is 19.2 Å². The number of hydrogen-bond donors (Lipinski definition) is 1. The Kier molecular flexibility index (Phi) is 12.1. The zero-order chi connectivity index (χ0) is 27.4. The molecule has 0 spiro atoms. The van der Waals surface area contributed by atoms with Gasteiger partial charge in [0, 0.05) is 20.0 Å². The molecule has 0 bridgehead atoms. The van der Waals surface area contributed by atoms with Crippen molar-refractivity contribution in [3.63, 3.8) is 0 Å². The quantitative estimate of drug-likeness (QED) is 0.211. The highest BCUT2D eigenvalue weighted by Gasteiger charge is 2.46. The van der Waals surface area contributed by atoms with Crippen molar-refractivity contribution in [2.24, 2.45) is 11.8 Å². The number of esters is 1. The highest BCUT2D eigenvalue weighted by atomic mass is 16.6. The average molecular weight is 518 g/mol. The molecule has 1 heterocycles. The van der Waals surface area contributed by atoms with Crippen molar-refractivity contribution in [1.82, 2.24) is 4.90 Å². The van der Waals surface area contributed by atoms with Gasteiger partial charge in [0.25, 0.3) is 0 Å². The summed E-state index contributed by atoms with van der Waals surface area (Å²) in [5.74, 6) is -3.90. The van der Waals surface area contributed by atoms with Crippen LogP contribution in [0.3, 0.4) is 0 Å². The second-order valence-electron chi connectivity index (χ2n) is 9.06. The number of ether oxygens (including phenoxy) is 3. The third-order valence-corrected chi connectivity index (χ3v) is 5.85. The van der Waals surface area contributed by atoms with Crippen LogP contribution in [-0.2, 0) is 39.8 Å². The Bertz CT molecular complexity index is 973. The van der Waals surface area contributed by atoms with E-state index in [2.05, 4.69) is 0 Å². The molecular weight excluding hydrogens is 482 g/mol. The summed E-state index contributed by atoms with van der Waals surface area (Å²) in [7, 11) is 0. The molecule has 1 fully saturated rings. The first-order chi connectivity index (χ1) is 17.6. The fourth-order valence-corrected chi connectivity index (χ4v) is 3.94. The highest BCUT2D eigenvalue weighted by Crippen LogP contribution is 2.27. The number of benzene rings is 1. The van der Waals surface area contributed by atoms with Crippen molar-refractivity contribution >= 4 is 29.5 Å². The highest BCUT2D eigenvalue weighted by molar-refractivity contribution is 6.04. The predicted octanol–water partition coefficient (Wildman–Crippen LogP) is 2.26. The Morgan fingerprint density at radius 1 is 1.14 bits per heavy atom. The fourth-order valence-electron chi connectivity index (χ4n) is 3.94. The lowest BCUT2D eigenvalue weighted by atomic mass is 9.89. The van der Waals surface area contributed by atoms with Crippen molar-refractivity contribution in [2.75, 3.05) is 26.4 Å². The van der Waals surface area contributed by atoms with Gasteiger partial charge in [0.2, 0.25) is 5.91 Å². The average Bonchev–Trinajstić information content (AvgIpc) is 3.26. The standard InChI is InChI=1S/C27H35NO9/c1-18(2)23-17-36-27(34)28(23)26(33)22(16-20-8-5-4-6-9-20)25(37-19(3)30)24(32)12-11-21(31)10-7-14-35-15-13-29/h4-6,8-9,11-12,18,22-23,25,29H,7,10,13-17H2,1-3H3/t22-,23-,25+/m0/s1. The molecule has 37 heavy (non-hydrogen) atoms. The zero-order valence-electron chi connectivity index (χ0n) is 21.5. The van der Waals surface area contributed by atoms with Crippen molar-refractivity contribution in [1.29, 1.82) is 0 Å². The lowest BCUT2D eigenvalue weighted by molar-refractivity contribution is -0.159. The van der Waals surface area contributed by atoms with Crippen LogP contribution in [0.4, 0.5) is 4.79 Å². The minimum Gasteiger partial charge on any atom is -0.453 e. The first-order valence-electron chi connectivity index (χ1n) is 12.3. The summed E-state index contributed by atoms with van der Waals surface area (Å²) in [5, 5.41) is 8.71. The number of nitrogens with zero attached hydrogens (tertiary/aromatic N) is 1. The number of aliphatic hydroxyl groups is 1. The second kappa shape index (κ2) is 15.0. The minimum atomic E-state index is -1.55. The Morgan fingerprint density at radius 2 is 1.84 bits per heavy atom. The number of allylic oxidation sites excluding steroid dienone is 1. The molecule has 0 aromatic heterocycles. The van der Waals surface area contributed by atoms with Crippen molar-refractivity contribution in [3.8, 4) is 0 Å². The molecule has 1 N–H and O–H groups in total. The predicted molar refractivity (Wildman–Crippen MR) is 132 cm³/mol. The molecule has 0 saturated carbocycles. The molecule has 0 aliphatic carbocycles. The summed E-state index contributed by atoms with van der Waals surface area (Å²) in [6.07, 6.45) is 0.229. The lowest BCUT2D eigenvalue weighted by Gasteiger charge is -2.30. The van der Waals surface area contributed by atoms with E-state index in [-0.39, 0.29) is 51.0 Å². The molecular formula is C27H35NO9. The SMILES string of the molecule is CC(=O)O[C@@H](C(=O)C=CC(=O)CCCOCCO)[C@H](Cc1ccccc1)C(=O)N1C(=O)OC[C@H]1C(C)C. The van der Waals surface area contributed by atoms with Crippen LogP contribution in [0, 0.1) is 11.8 Å². The van der Waals surface area contributed by atoms with Gasteiger partial charge in [-0.15, -0.1) is 0 Å². The molecule has 0 radical (unpaired) electrons. The summed E-state index contributed by atoms with van der Waals surface area (Å²) >= 11 is 0. The topological polar surface area (TPSA) is 137 Å². The van der Waals surface area contributed by atoms with Crippen LogP contribution in [0.15, 0.2) is 42.5 Å². The number of carbonyl (C=O) groups is 5. The normalized spacial score (nSPS) is 17.1. The molecule has 1 saturated heterocycles. The van der Waals surface area contributed by atoms with E-state index in [1.54, 1.807) is 30.3 Å². The van der Waals surface area contributed by atoms with Gasteiger partial charge < -0.3 is 19.3 Å².